The van der Waals surface area contributed by atoms with Crippen LogP contribution in [0, 0.1) is 0 Å². The summed E-state index contributed by atoms with van der Waals surface area (Å²) >= 11 is 0. The van der Waals surface area contributed by atoms with E-state index in [1.54, 1.807) is 0 Å². The Morgan fingerprint density at radius 2 is 2.00 bits per heavy atom. The molecule has 0 amide bonds. The summed E-state index contributed by atoms with van der Waals surface area (Å²) in [5.41, 5.74) is 5.53. The molecule has 0 bridgehead atoms. The van der Waals surface area contributed by atoms with Gasteiger partial charge in [0.1, 0.15) is 0 Å². The van der Waals surface area contributed by atoms with Crippen molar-refractivity contribution in [3.05, 3.63) is 0 Å². The minimum Gasteiger partial charge on any atom is -0.375 e. The monoisotopic (exact) mass is 185 g/mol. The van der Waals surface area contributed by atoms with Crippen molar-refractivity contribution in [2.24, 2.45) is 5.73 Å². The van der Waals surface area contributed by atoms with E-state index in [2.05, 4.69) is 6.92 Å². The topological polar surface area (TPSA) is 35.2 Å². The Labute approximate surface area is 81.8 Å². The van der Waals surface area contributed by atoms with E-state index in [9.17, 15) is 0 Å². The molecule has 1 fully saturated rings. The number of hydrogen-bond donors (Lipinski definition) is 1. The number of rotatable bonds is 5. The Kier molecular flexibility index (Phi) is 5.40. The molecule has 0 radical (unpaired) electrons. The lowest BCUT2D eigenvalue weighted by atomic mass is 9.97. The van der Waals surface area contributed by atoms with Crippen molar-refractivity contribution in [2.75, 3.05) is 6.54 Å². The second kappa shape index (κ2) is 6.39. The van der Waals surface area contributed by atoms with Crippen LogP contribution in [-0.4, -0.2) is 18.8 Å². The normalized spacial score (nSPS) is 21.7. The summed E-state index contributed by atoms with van der Waals surface area (Å²) in [5.74, 6) is 0. The molecule has 1 aliphatic rings. The molecule has 2 heteroatoms. The Morgan fingerprint density at radius 1 is 1.31 bits per heavy atom. The summed E-state index contributed by atoms with van der Waals surface area (Å²) in [6.07, 6.45) is 9.70. The average molecular weight is 185 g/mol. The molecule has 1 aliphatic carbocycles. The van der Waals surface area contributed by atoms with Crippen molar-refractivity contribution < 1.29 is 4.74 Å². The smallest absolute Gasteiger partial charge is 0.0588 e. The van der Waals surface area contributed by atoms with Gasteiger partial charge in [-0.25, -0.2) is 0 Å². The average Bonchev–Trinajstić information content (AvgIpc) is 2.19. The van der Waals surface area contributed by atoms with Gasteiger partial charge in [0.25, 0.3) is 0 Å². The Bertz CT molecular complexity index is 119. The molecule has 1 unspecified atom stereocenters. The van der Waals surface area contributed by atoms with Crippen LogP contribution in [0.2, 0.25) is 0 Å². The van der Waals surface area contributed by atoms with Crippen LogP contribution in [0.15, 0.2) is 0 Å². The molecule has 2 nitrogen and oxygen atoms in total. The molecule has 2 N–H and O–H groups in total. The van der Waals surface area contributed by atoms with Gasteiger partial charge in [0.15, 0.2) is 0 Å². The molecule has 0 aromatic rings. The van der Waals surface area contributed by atoms with Crippen LogP contribution < -0.4 is 5.73 Å². The van der Waals surface area contributed by atoms with Crippen molar-refractivity contribution in [3.63, 3.8) is 0 Å². The lowest BCUT2D eigenvalue weighted by Gasteiger charge is -2.26. The molecule has 1 rings (SSSR count). The fourth-order valence-electron chi connectivity index (χ4n) is 2.03. The summed E-state index contributed by atoms with van der Waals surface area (Å²) in [5, 5.41) is 0. The third-order valence-electron chi connectivity index (χ3n) is 2.88. The maximum atomic E-state index is 6.00. The SMILES string of the molecule is CCC(CCN)OC1CCCCC1. The van der Waals surface area contributed by atoms with Crippen molar-refractivity contribution in [1.82, 2.24) is 0 Å². The van der Waals surface area contributed by atoms with Gasteiger partial charge < -0.3 is 10.5 Å². The van der Waals surface area contributed by atoms with Gasteiger partial charge in [-0.15, -0.1) is 0 Å². The molecule has 0 saturated heterocycles. The molecule has 0 aromatic carbocycles. The van der Waals surface area contributed by atoms with Gasteiger partial charge in [-0.2, -0.15) is 0 Å². The first-order valence-electron chi connectivity index (χ1n) is 5.72. The van der Waals surface area contributed by atoms with Crippen molar-refractivity contribution in [1.29, 1.82) is 0 Å². The van der Waals surface area contributed by atoms with E-state index in [0.717, 1.165) is 19.4 Å². The Balaban J connectivity index is 2.18. The number of ether oxygens (including phenoxy) is 1. The van der Waals surface area contributed by atoms with E-state index in [4.69, 9.17) is 10.5 Å². The van der Waals surface area contributed by atoms with E-state index in [0.29, 0.717) is 12.2 Å². The maximum absolute atomic E-state index is 6.00. The molecular weight excluding hydrogens is 162 g/mol. The maximum Gasteiger partial charge on any atom is 0.0588 e. The highest BCUT2D eigenvalue weighted by atomic mass is 16.5. The zero-order valence-electron chi connectivity index (χ0n) is 8.80. The molecule has 1 atom stereocenters. The van der Waals surface area contributed by atoms with Gasteiger partial charge in [0, 0.05) is 0 Å². The molecule has 78 valence electrons. The van der Waals surface area contributed by atoms with Gasteiger partial charge >= 0.3 is 0 Å². The zero-order valence-corrected chi connectivity index (χ0v) is 8.80. The van der Waals surface area contributed by atoms with Gasteiger partial charge in [-0.3, -0.25) is 0 Å². The highest BCUT2D eigenvalue weighted by molar-refractivity contribution is 4.68. The molecule has 0 heterocycles. The van der Waals surface area contributed by atoms with Crippen LogP contribution >= 0.6 is 0 Å². The van der Waals surface area contributed by atoms with Crippen LogP contribution in [0.1, 0.15) is 51.9 Å². The molecule has 0 aromatic heterocycles. The lowest BCUT2D eigenvalue weighted by molar-refractivity contribution is -0.0336. The fourth-order valence-corrected chi connectivity index (χ4v) is 2.03. The largest absolute Gasteiger partial charge is 0.375 e. The lowest BCUT2D eigenvalue weighted by Crippen LogP contribution is -2.25. The van der Waals surface area contributed by atoms with Crippen molar-refractivity contribution in [3.8, 4) is 0 Å². The van der Waals surface area contributed by atoms with Crippen molar-refractivity contribution in [2.45, 2.75) is 64.1 Å². The fraction of sp³-hybridized carbons (Fsp3) is 1.00. The summed E-state index contributed by atoms with van der Waals surface area (Å²) in [6.45, 7) is 2.94. The predicted octanol–water partition coefficient (Wildman–Crippen LogP) is 2.46. The van der Waals surface area contributed by atoms with Crippen LogP contribution in [-0.2, 0) is 4.74 Å². The second-order valence-electron chi connectivity index (χ2n) is 4.00. The first-order valence-corrected chi connectivity index (χ1v) is 5.72. The highest BCUT2D eigenvalue weighted by Gasteiger charge is 2.17. The molecule has 0 aliphatic heterocycles. The van der Waals surface area contributed by atoms with E-state index >= 15 is 0 Å². The molecule has 0 spiro atoms. The first kappa shape index (κ1) is 11.0. The minimum atomic E-state index is 0.410. The summed E-state index contributed by atoms with van der Waals surface area (Å²) in [7, 11) is 0. The second-order valence-corrected chi connectivity index (χ2v) is 4.00. The third-order valence-corrected chi connectivity index (χ3v) is 2.88. The van der Waals surface area contributed by atoms with E-state index in [1.807, 2.05) is 0 Å². The van der Waals surface area contributed by atoms with Crippen molar-refractivity contribution >= 4 is 0 Å². The van der Waals surface area contributed by atoms with Gasteiger partial charge in [0.05, 0.1) is 12.2 Å². The van der Waals surface area contributed by atoms with E-state index in [1.165, 1.54) is 32.1 Å². The third kappa shape index (κ3) is 4.10. The standard InChI is InChI=1S/C11H23NO/c1-2-10(8-9-12)13-11-6-4-3-5-7-11/h10-11H,2-9,12H2,1H3. The number of hydrogen-bond acceptors (Lipinski definition) is 2. The van der Waals surface area contributed by atoms with Crippen LogP contribution in [0.3, 0.4) is 0 Å². The Morgan fingerprint density at radius 3 is 2.54 bits per heavy atom. The van der Waals surface area contributed by atoms with E-state index < -0.39 is 0 Å². The molecule has 1 saturated carbocycles. The van der Waals surface area contributed by atoms with E-state index in [-0.39, 0.29) is 0 Å². The van der Waals surface area contributed by atoms with Crippen LogP contribution in [0.25, 0.3) is 0 Å². The van der Waals surface area contributed by atoms with Crippen LogP contribution in [0.4, 0.5) is 0 Å². The first-order chi connectivity index (χ1) is 6.36. The summed E-state index contributed by atoms with van der Waals surface area (Å²) in [4.78, 5) is 0. The van der Waals surface area contributed by atoms with Gasteiger partial charge in [-0.1, -0.05) is 26.2 Å². The highest BCUT2D eigenvalue weighted by Crippen LogP contribution is 2.22. The Hall–Kier alpha value is -0.0800. The van der Waals surface area contributed by atoms with Crippen LogP contribution in [0.5, 0.6) is 0 Å². The summed E-state index contributed by atoms with van der Waals surface area (Å²) in [6, 6.07) is 0. The minimum absolute atomic E-state index is 0.410. The van der Waals surface area contributed by atoms with Gasteiger partial charge in [0.2, 0.25) is 0 Å². The predicted molar refractivity (Wildman–Crippen MR) is 55.7 cm³/mol. The summed E-state index contributed by atoms with van der Waals surface area (Å²) < 4.78 is 6.00. The zero-order chi connectivity index (χ0) is 9.52. The quantitative estimate of drug-likeness (QED) is 0.714. The number of nitrogens with two attached hydrogens (primary N) is 1. The van der Waals surface area contributed by atoms with Gasteiger partial charge in [-0.05, 0) is 32.2 Å². The molecular formula is C11H23NO. The molecule has 13 heavy (non-hydrogen) atoms.